The Kier molecular flexibility index (Phi) is 6.03. The van der Waals surface area contributed by atoms with Crippen molar-refractivity contribution in [2.45, 2.75) is 13.1 Å². The smallest absolute Gasteiger partial charge is 0.118 e. The molecule has 1 aromatic heterocycles. The van der Waals surface area contributed by atoms with E-state index in [1.807, 2.05) is 12.1 Å². The van der Waals surface area contributed by atoms with Crippen molar-refractivity contribution < 1.29 is 4.42 Å². The van der Waals surface area contributed by atoms with Crippen LogP contribution in [0.2, 0.25) is 0 Å². The lowest BCUT2D eigenvalue weighted by Crippen LogP contribution is -2.22. The van der Waals surface area contributed by atoms with Crippen molar-refractivity contribution >= 4 is 0 Å². The van der Waals surface area contributed by atoms with Gasteiger partial charge in [0.05, 0.1) is 13.1 Å². The normalized spacial score (nSPS) is 10.8. The summed E-state index contributed by atoms with van der Waals surface area (Å²) in [5, 5.41) is 6.35. The van der Waals surface area contributed by atoms with Crippen LogP contribution in [0, 0.1) is 0 Å². The highest BCUT2D eigenvalue weighted by Gasteiger charge is 2.00. The zero-order chi connectivity index (χ0) is 10.9. The zero-order valence-corrected chi connectivity index (χ0v) is 8.96. The van der Waals surface area contributed by atoms with E-state index in [2.05, 4.69) is 10.6 Å². The van der Waals surface area contributed by atoms with Gasteiger partial charge in [0, 0.05) is 26.2 Å². The molecule has 0 amide bonds. The maximum Gasteiger partial charge on any atom is 0.118 e. The van der Waals surface area contributed by atoms with Crippen molar-refractivity contribution in [3.05, 3.63) is 23.7 Å². The van der Waals surface area contributed by atoms with Crippen LogP contribution in [-0.4, -0.2) is 26.2 Å². The van der Waals surface area contributed by atoms with Crippen LogP contribution in [0.15, 0.2) is 16.5 Å². The molecule has 0 unspecified atom stereocenters. The fourth-order valence-corrected chi connectivity index (χ4v) is 1.24. The Morgan fingerprint density at radius 3 is 1.80 bits per heavy atom. The van der Waals surface area contributed by atoms with E-state index >= 15 is 0 Å². The predicted molar refractivity (Wildman–Crippen MR) is 60.2 cm³/mol. The van der Waals surface area contributed by atoms with Crippen molar-refractivity contribution in [3.8, 4) is 0 Å². The van der Waals surface area contributed by atoms with Gasteiger partial charge in [-0.2, -0.15) is 0 Å². The third kappa shape index (κ3) is 4.94. The number of furan rings is 1. The van der Waals surface area contributed by atoms with Gasteiger partial charge in [0.2, 0.25) is 0 Å². The number of hydrogen-bond donors (Lipinski definition) is 4. The quantitative estimate of drug-likeness (QED) is 0.431. The van der Waals surface area contributed by atoms with Gasteiger partial charge in [-0.25, -0.2) is 0 Å². The summed E-state index contributed by atoms with van der Waals surface area (Å²) in [7, 11) is 0. The van der Waals surface area contributed by atoms with Gasteiger partial charge < -0.3 is 26.5 Å². The van der Waals surface area contributed by atoms with Crippen molar-refractivity contribution in [1.29, 1.82) is 0 Å². The van der Waals surface area contributed by atoms with E-state index in [0.29, 0.717) is 13.1 Å². The van der Waals surface area contributed by atoms with Gasteiger partial charge in [-0.1, -0.05) is 0 Å². The average Bonchev–Trinajstić information content (AvgIpc) is 2.67. The van der Waals surface area contributed by atoms with Gasteiger partial charge in [-0.15, -0.1) is 0 Å². The largest absolute Gasteiger partial charge is 0.463 e. The molecule has 0 aliphatic rings. The minimum atomic E-state index is 0.644. The Bertz CT molecular complexity index is 237. The van der Waals surface area contributed by atoms with E-state index < -0.39 is 0 Å². The molecule has 86 valence electrons. The lowest BCUT2D eigenvalue weighted by Gasteiger charge is -2.00. The summed E-state index contributed by atoms with van der Waals surface area (Å²) < 4.78 is 5.57. The molecule has 1 heterocycles. The summed E-state index contributed by atoms with van der Waals surface area (Å²) >= 11 is 0. The molecule has 5 nitrogen and oxygen atoms in total. The van der Waals surface area contributed by atoms with Gasteiger partial charge in [0.25, 0.3) is 0 Å². The van der Waals surface area contributed by atoms with Crippen molar-refractivity contribution in [3.63, 3.8) is 0 Å². The van der Waals surface area contributed by atoms with E-state index in [4.69, 9.17) is 15.9 Å². The van der Waals surface area contributed by atoms with Crippen LogP contribution in [0.1, 0.15) is 11.5 Å². The lowest BCUT2D eigenvalue weighted by molar-refractivity contribution is 0.435. The molecular weight excluding hydrogens is 192 g/mol. The summed E-state index contributed by atoms with van der Waals surface area (Å²) in [6, 6.07) is 3.95. The third-order valence-electron chi connectivity index (χ3n) is 1.96. The highest BCUT2D eigenvalue weighted by atomic mass is 16.3. The molecule has 0 bridgehead atoms. The molecule has 5 heteroatoms. The standard InChI is InChI=1S/C10H20N4O/c11-3-5-13-7-9-1-2-10(15-9)8-14-6-4-12/h1-2,13-14H,3-8,11-12H2. The molecule has 0 atom stereocenters. The minimum absolute atomic E-state index is 0.644. The van der Waals surface area contributed by atoms with Crippen molar-refractivity contribution in [2.75, 3.05) is 26.2 Å². The van der Waals surface area contributed by atoms with Crippen LogP contribution in [0.4, 0.5) is 0 Å². The summed E-state index contributed by atoms with van der Waals surface area (Å²) in [5.74, 6) is 1.88. The molecule has 0 radical (unpaired) electrons. The number of nitrogens with one attached hydrogen (secondary N) is 2. The molecule has 0 saturated carbocycles. The molecule has 0 aromatic carbocycles. The summed E-state index contributed by atoms with van der Waals surface area (Å²) in [6.07, 6.45) is 0. The second kappa shape index (κ2) is 7.42. The fraction of sp³-hybridized carbons (Fsp3) is 0.600. The second-order valence-electron chi connectivity index (χ2n) is 3.30. The number of rotatable bonds is 8. The summed E-state index contributed by atoms with van der Waals surface area (Å²) in [5.41, 5.74) is 10.7. The Hall–Kier alpha value is -0.880. The molecule has 0 spiro atoms. The molecular formula is C10H20N4O. The Labute approximate surface area is 90.2 Å². The van der Waals surface area contributed by atoms with E-state index in [0.717, 1.165) is 37.7 Å². The van der Waals surface area contributed by atoms with E-state index in [1.165, 1.54) is 0 Å². The summed E-state index contributed by atoms with van der Waals surface area (Å²) in [6.45, 7) is 4.36. The SMILES string of the molecule is NCCNCc1ccc(CNCCN)o1. The van der Waals surface area contributed by atoms with Crippen molar-refractivity contribution in [1.82, 2.24) is 10.6 Å². The topological polar surface area (TPSA) is 89.2 Å². The maximum atomic E-state index is 5.57. The van der Waals surface area contributed by atoms with Gasteiger partial charge in [0.1, 0.15) is 11.5 Å². The Morgan fingerprint density at radius 1 is 0.933 bits per heavy atom. The van der Waals surface area contributed by atoms with Crippen LogP contribution in [0.3, 0.4) is 0 Å². The van der Waals surface area contributed by atoms with Crippen LogP contribution < -0.4 is 22.1 Å². The van der Waals surface area contributed by atoms with Crippen LogP contribution in [0.5, 0.6) is 0 Å². The van der Waals surface area contributed by atoms with Crippen LogP contribution in [0.25, 0.3) is 0 Å². The van der Waals surface area contributed by atoms with Crippen LogP contribution >= 0.6 is 0 Å². The predicted octanol–water partition coefficient (Wildman–Crippen LogP) is -0.624. The van der Waals surface area contributed by atoms with Crippen LogP contribution in [-0.2, 0) is 13.1 Å². The molecule has 0 saturated heterocycles. The first-order valence-corrected chi connectivity index (χ1v) is 5.26. The second-order valence-corrected chi connectivity index (χ2v) is 3.30. The first kappa shape index (κ1) is 12.2. The number of nitrogens with two attached hydrogens (primary N) is 2. The highest BCUT2D eigenvalue weighted by Crippen LogP contribution is 2.06. The lowest BCUT2D eigenvalue weighted by atomic mass is 10.4. The maximum absolute atomic E-state index is 5.57. The van der Waals surface area contributed by atoms with Crippen molar-refractivity contribution in [2.24, 2.45) is 11.5 Å². The average molecular weight is 212 g/mol. The minimum Gasteiger partial charge on any atom is -0.463 e. The fourth-order valence-electron chi connectivity index (χ4n) is 1.24. The first-order valence-electron chi connectivity index (χ1n) is 5.26. The van der Waals surface area contributed by atoms with E-state index in [9.17, 15) is 0 Å². The van der Waals surface area contributed by atoms with E-state index in [1.54, 1.807) is 0 Å². The van der Waals surface area contributed by atoms with Gasteiger partial charge >= 0.3 is 0 Å². The summed E-state index contributed by atoms with van der Waals surface area (Å²) in [4.78, 5) is 0. The van der Waals surface area contributed by atoms with Gasteiger partial charge in [-0.3, -0.25) is 0 Å². The molecule has 0 fully saturated rings. The zero-order valence-electron chi connectivity index (χ0n) is 8.96. The Balaban J connectivity index is 2.23. The number of hydrogen-bond acceptors (Lipinski definition) is 5. The molecule has 0 aliphatic heterocycles. The monoisotopic (exact) mass is 212 g/mol. The third-order valence-corrected chi connectivity index (χ3v) is 1.96. The van der Waals surface area contributed by atoms with E-state index in [-0.39, 0.29) is 0 Å². The molecule has 1 rings (SSSR count). The van der Waals surface area contributed by atoms with Gasteiger partial charge in [-0.05, 0) is 12.1 Å². The molecule has 15 heavy (non-hydrogen) atoms. The molecule has 1 aromatic rings. The first-order chi connectivity index (χ1) is 7.36. The highest BCUT2D eigenvalue weighted by molar-refractivity contribution is 5.06. The molecule has 6 N–H and O–H groups in total. The Morgan fingerprint density at radius 2 is 1.40 bits per heavy atom. The van der Waals surface area contributed by atoms with Gasteiger partial charge in [0.15, 0.2) is 0 Å². The molecule has 0 aliphatic carbocycles.